The maximum atomic E-state index is 11.8. The van der Waals surface area contributed by atoms with Crippen LogP contribution in [0.15, 0.2) is 22.7 Å². The van der Waals surface area contributed by atoms with Crippen LogP contribution in [0.4, 0.5) is 0 Å². The Morgan fingerprint density at radius 2 is 2.19 bits per heavy atom. The molecular weight excluding hydrogens is 334 g/mol. The van der Waals surface area contributed by atoms with Crippen LogP contribution < -0.4 is 10.1 Å². The first kappa shape index (κ1) is 16.3. The predicted molar refractivity (Wildman–Crippen MR) is 85.3 cm³/mol. The molecule has 0 aliphatic heterocycles. The van der Waals surface area contributed by atoms with Crippen LogP contribution in [-0.4, -0.2) is 24.7 Å². The maximum absolute atomic E-state index is 11.8. The van der Waals surface area contributed by atoms with Crippen molar-refractivity contribution in [3.05, 3.63) is 28.2 Å². The first-order chi connectivity index (χ1) is 10.1. The van der Waals surface area contributed by atoms with E-state index in [1.54, 1.807) is 6.92 Å². The number of nitrogens with one attached hydrogen (secondary N) is 1. The fraction of sp³-hybridized carbons (Fsp3) is 0.562. The Bertz CT molecular complexity index is 488. The molecule has 0 spiro atoms. The molecule has 4 nitrogen and oxygen atoms in total. The van der Waals surface area contributed by atoms with Gasteiger partial charge in [-0.1, -0.05) is 13.0 Å². The van der Waals surface area contributed by atoms with Gasteiger partial charge in [0, 0.05) is 12.6 Å². The van der Waals surface area contributed by atoms with E-state index in [1.165, 1.54) is 18.4 Å². The first-order valence-electron chi connectivity index (χ1n) is 7.49. The second-order valence-corrected chi connectivity index (χ2v) is 6.04. The summed E-state index contributed by atoms with van der Waals surface area (Å²) in [6.07, 6.45) is 2.58. The van der Waals surface area contributed by atoms with Gasteiger partial charge in [0.1, 0.15) is 5.75 Å². The Morgan fingerprint density at radius 3 is 2.76 bits per heavy atom. The first-order valence-corrected chi connectivity index (χ1v) is 8.28. The van der Waals surface area contributed by atoms with Gasteiger partial charge in [-0.05, 0) is 59.8 Å². The Labute approximate surface area is 134 Å². The molecule has 21 heavy (non-hydrogen) atoms. The number of rotatable bonds is 8. The molecule has 0 aromatic heterocycles. The van der Waals surface area contributed by atoms with Gasteiger partial charge in [0.05, 0.1) is 11.1 Å². The van der Waals surface area contributed by atoms with E-state index < -0.39 is 6.10 Å². The number of hydrogen-bond acceptors (Lipinski definition) is 4. The van der Waals surface area contributed by atoms with Gasteiger partial charge in [0.15, 0.2) is 6.10 Å². The molecule has 1 aliphatic rings. The van der Waals surface area contributed by atoms with E-state index in [-0.39, 0.29) is 5.97 Å². The average molecular weight is 356 g/mol. The standard InChI is InChI=1S/C16H22BrNO3/c1-3-14(16(19)20-4-2)21-15-8-5-11(9-13(15)17)10-18-12-6-7-12/h5,8-9,12,14,18H,3-4,6-7,10H2,1-2H3. The highest BCUT2D eigenvalue weighted by molar-refractivity contribution is 9.10. The van der Waals surface area contributed by atoms with Gasteiger partial charge in [-0.3, -0.25) is 0 Å². The molecule has 1 N–H and O–H groups in total. The van der Waals surface area contributed by atoms with Crippen molar-refractivity contribution in [2.24, 2.45) is 0 Å². The monoisotopic (exact) mass is 355 g/mol. The summed E-state index contributed by atoms with van der Waals surface area (Å²) in [5.41, 5.74) is 1.20. The number of esters is 1. The smallest absolute Gasteiger partial charge is 0.347 e. The zero-order valence-electron chi connectivity index (χ0n) is 12.5. The summed E-state index contributed by atoms with van der Waals surface area (Å²) < 4.78 is 11.6. The minimum absolute atomic E-state index is 0.314. The summed E-state index contributed by atoms with van der Waals surface area (Å²) >= 11 is 3.51. The van der Waals surface area contributed by atoms with E-state index in [9.17, 15) is 4.79 Å². The lowest BCUT2D eigenvalue weighted by molar-refractivity contribution is -0.151. The van der Waals surface area contributed by atoms with Gasteiger partial charge in [0.25, 0.3) is 0 Å². The van der Waals surface area contributed by atoms with Gasteiger partial charge < -0.3 is 14.8 Å². The minimum Gasteiger partial charge on any atom is -0.478 e. The molecule has 1 aromatic rings. The SMILES string of the molecule is CCOC(=O)C(CC)Oc1ccc(CNC2CC2)cc1Br. The summed E-state index contributed by atoms with van der Waals surface area (Å²) in [6, 6.07) is 6.64. The highest BCUT2D eigenvalue weighted by Gasteiger charge is 2.22. The van der Waals surface area contributed by atoms with Crippen LogP contribution in [0.25, 0.3) is 0 Å². The van der Waals surface area contributed by atoms with E-state index >= 15 is 0 Å². The quantitative estimate of drug-likeness (QED) is 0.725. The molecule has 1 fully saturated rings. The van der Waals surface area contributed by atoms with Crippen molar-refractivity contribution in [2.75, 3.05) is 6.61 Å². The van der Waals surface area contributed by atoms with Crippen LogP contribution in [0.2, 0.25) is 0 Å². The number of benzene rings is 1. The molecule has 0 saturated heterocycles. The van der Waals surface area contributed by atoms with E-state index in [2.05, 4.69) is 21.2 Å². The lowest BCUT2D eigenvalue weighted by atomic mass is 10.2. The van der Waals surface area contributed by atoms with Gasteiger partial charge >= 0.3 is 5.97 Å². The molecule has 1 atom stereocenters. The number of ether oxygens (including phenoxy) is 2. The highest BCUT2D eigenvalue weighted by atomic mass is 79.9. The summed E-state index contributed by atoms with van der Waals surface area (Å²) in [5, 5.41) is 3.47. The molecule has 1 aromatic carbocycles. The third-order valence-electron chi connectivity index (χ3n) is 3.36. The Hall–Kier alpha value is -1.07. The van der Waals surface area contributed by atoms with Crippen molar-refractivity contribution in [1.82, 2.24) is 5.32 Å². The molecule has 1 unspecified atom stereocenters. The summed E-state index contributed by atoms with van der Waals surface area (Å²) in [7, 11) is 0. The predicted octanol–water partition coefficient (Wildman–Crippen LogP) is 3.42. The van der Waals surface area contributed by atoms with E-state index in [0.717, 1.165) is 11.0 Å². The van der Waals surface area contributed by atoms with Crippen LogP contribution in [0.3, 0.4) is 0 Å². The minimum atomic E-state index is -0.559. The Morgan fingerprint density at radius 1 is 1.43 bits per heavy atom. The van der Waals surface area contributed by atoms with Crippen molar-refractivity contribution < 1.29 is 14.3 Å². The second kappa shape index (κ2) is 7.80. The zero-order valence-corrected chi connectivity index (χ0v) is 14.1. The lowest BCUT2D eigenvalue weighted by Gasteiger charge is -2.17. The largest absolute Gasteiger partial charge is 0.478 e. The molecule has 1 aliphatic carbocycles. The van der Waals surface area contributed by atoms with Crippen LogP contribution in [0.1, 0.15) is 38.7 Å². The third kappa shape index (κ3) is 5.00. The van der Waals surface area contributed by atoms with E-state index in [4.69, 9.17) is 9.47 Å². The summed E-state index contributed by atoms with van der Waals surface area (Å²) in [4.78, 5) is 11.8. The lowest BCUT2D eigenvalue weighted by Crippen LogP contribution is -2.28. The number of halogens is 1. The zero-order chi connectivity index (χ0) is 15.2. The Balaban J connectivity index is 1.96. The molecule has 0 amide bonds. The summed E-state index contributed by atoms with van der Waals surface area (Å²) in [5.74, 6) is 0.358. The fourth-order valence-electron chi connectivity index (χ4n) is 1.99. The normalized spacial score (nSPS) is 15.6. The van der Waals surface area contributed by atoms with Gasteiger partial charge in [0.2, 0.25) is 0 Å². The fourth-order valence-corrected chi connectivity index (χ4v) is 2.51. The van der Waals surface area contributed by atoms with Crippen molar-refractivity contribution >= 4 is 21.9 Å². The van der Waals surface area contributed by atoms with Gasteiger partial charge in [-0.2, -0.15) is 0 Å². The Kier molecular flexibility index (Phi) is 6.06. The van der Waals surface area contributed by atoms with Crippen molar-refractivity contribution in [3.63, 3.8) is 0 Å². The number of carbonyl (C=O) groups is 1. The van der Waals surface area contributed by atoms with Crippen LogP contribution in [-0.2, 0) is 16.1 Å². The van der Waals surface area contributed by atoms with Crippen LogP contribution in [0.5, 0.6) is 5.75 Å². The molecule has 116 valence electrons. The van der Waals surface area contributed by atoms with Crippen LogP contribution in [0, 0.1) is 0 Å². The van der Waals surface area contributed by atoms with Crippen molar-refractivity contribution in [3.8, 4) is 5.75 Å². The van der Waals surface area contributed by atoms with Gasteiger partial charge in [-0.25, -0.2) is 4.79 Å². The molecule has 0 bridgehead atoms. The molecule has 1 saturated carbocycles. The second-order valence-electron chi connectivity index (χ2n) is 5.19. The molecule has 0 radical (unpaired) electrons. The topological polar surface area (TPSA) is 47.6 Å². The van der Waals surface area contributed by atoms with E-state index in [0.29, 0.717) is 24.8 Å². The van der Waals surface area contributed by atoms with Crippen LogP contribution >= 0.6 is 15.9 Å². The van der Waals surface area contributed by atoms with Crippen molar-refractivity contribution in [1.29, 1.82) is 0 Å². The molecule has 2 rings (SSSR count). The third-order valence-corrected chi connectivity index (χ3v) is 3.98. The van der Waals surface area contributed by atoms with Gasteiger partial charge in [-0.15, -0.1) is 0 Å². The summed E-state index contributed by atoms with van der Waals surface area (Å²) in [6.45, 7) is 4.93. The average Bonchev–Trinajstić information content (AvgIpc) is 3.28. The molecule has 5 heteroatoms. The maximum Gasteiger partial charge on any atom is 0.347 e. The number of hydrogen-bond donors (Lipinski definition) is 1. The van der Waals surface area contributed by atoms with Crippen molar-refractivity contribution in [2.45, 2.75) is 51.8 Å². The number of carbonyl (C=O) groups excluding carboxylic acids is 1. The molecule has 0 heterocycles. The van der Waals surface area contributed by atoms with E-state index in [1.807, 2.05) is 25.1 Å². The highest BCUT2D eigenvalue weighted by Crippen LogP contribution is 2.28. The molecular formula is C16H22BrNO3.